The molecule has 1 aromatic carbocycles. The molecular formula is C14H22BrNO. The zero-order chi connectivity index (χ0) is 12.8. The second kappa shape index (κ2) is 7.02. The highest BCUT2D eigenvalue weighted by atomic mass is 79.9. The number of anilines is 1. The van der Waals surface area contributed by atoms with E-state index in [0.29, 0.717) is 12.0 Å². The lowest BCUT2D eigenvalue weighted by Gasteiger charge is -2.24. The highest BCUT2D eigenvalue weighted by Gasteiger charge is 2.14. The van der Waals surface area contributed by atoms with E-state index in [1.165, 1.54) is 11.3 Å². The summed E-state index contributed by atoms with van der Waals surface area (Å²) in [6, 6.07) is 6.73. The standard InChI is InChI=1S/C14H22BrNO/c1-5-11-8-12(15)6-7-13(11)16-14(9-17-4)10(2)3/h6-8,10,14,16H,5,9H2,1-4H3. The smallest absolute Gasteiger partial charge is 0.0666 e. The van der Waals surface area contributed by atoms with E-state index in [9.17, 15) is 0 Å². The molecule has 0 saturated carbocycles. The molecule has 1 aromatic rings. The molecule has 0 heterocycles. The van der Waals surface area contributed by atoms with Crippen molar-refractivity contribution in [3.63, 3.8) is 0 Å². The number of rotatable bonds is 6. The second-order valence-corrected chi connectivity index (χ2v) is 5.52. The van der Waals surface area contributed by atoms with Gasteiger partial charge >= 0.3 is 0 Å². The maximum absolute atomic E-state index is 5.26. The second-order valence-electron chi connectivity index (χ2n) is 4.61. The molecule has 3 heteroatoms. The van der Waals surface area contributed by atoms with Gasteiger partial charge in [0, 0.05) is 17.3 Å². The number of ether oxygens (including phenoxy) is 1. The highest BCUT2D eigenvalue weighted by molar-refractivity contribution is 9.10. The summed E-state index contributed by atoms with van der Waals surface area (Å²) in [5.41, 5.74) is 2.55. The van der Waals surface area contributed by atoms with Crippen molar-refractivity contribution in [1.82, 2.24) is 0 Å². The Morgan fingerprint density at radius 1 is 1.35 bits per heavy atom. The lowest BCUT2D eigenvalue weighted by molar-refractivity contribution is 0.171. The molecule has 17 heavy (non-hydrogen) atoms. The zero-order valence-corrected chi connectivity index (χ0v) is 12.7. The number of nitrogens with one attached hydrogen (secondary N) is 1. The summed E-state index contributed by atoms with van der Waals surface area (Å²) in [5, 5.41) is 3.58. The molecule has 0 radical (unpaired) electrons. The van der Waals surface area contributed by atoms with Crippen LogP contribution in [0, 0.1) is 5.92 Å². The van der Waals surface area contributed by atoms with Crippen LogP contribution in [0.2, 0.25) is 0 Å². The molecule has 1 N–H and O–H groups in total. The van der Waals surface area contributed by atoms with Crippen molar-refractivity contribution >= 4 is 21.6 Å². The van der Waals surface area contributed by atoms with Gasteiger partial charge in [0.2, 0.25) is 0 Å². The van der Waals surface area contributed by atoms with Crippen molar-refractivity contribution in [1.29, 1.82) is 0 Å². The lowest BCUT2D eigenvalue weighted by Crippen LogP contribution is -2.30. The van der Waals surface area contributed by atoms with E-state index in [-0.39, 0.29) is 0 Å². The molecule has 0 saturated heterocycles. The molecule has 96 valence electrons. The fourth-order valence-corrected chi connectivity index (χ4v) is 2.18. The molecule has 0 aliphatic rings. The van der Waals surface area contributed by atoms with Gasteiger partial charge in [-0.25, -0.2) is 0 Å². The van der Waals surface area contributed by atoms with Crippen LogP contribution < -0.4 is 5.32 Å². The number of halogens is 1. The van der Waals surface area contributed by atoms with E-state index in [1.807, 2.05) is 0 Å². The van der Waals surface area contributed by atoms with Crippen LogP contribution in [-0.4, -0.2) is 19.8 Å². The Labute approximate surface area is 113 Å². The first kappa shape index (κ1) is 14.5. The van der Waals surface area contributed by atoms with Crippen molar-refractivity contribution in [2.45, 2.75) is 33.2 Å². The molecule has 0 aliphatic heterocycles. The normalized spacial score (nSPS) is 12.8. The maximum Gasteiger partial charge on any atom is 0.0666 e. The van der Waals surface area contributed by atoms with Gasteiger partial charge in [0.05, 0.1) is 12.6 Å². The Hall–Kier alpha value is -0.540. The van der Waals surface area contributed by atoms with Gasteiger partial charge in [0.1, 0.15) is 0 Å². The largest absolute Gasteiger partial charge is 0.383 e. The van der Waals surface area contributed by atoms with Crippen LogP contribution in [0.5, 0.6) is 0 Å². The predicted octanol–water partition coefficient (Wildman–Crippen LogP) is 4.09. The van der Waals surface area contributed by atoms with Gasteiger partial charge in [-0.05, 0) is 36.1 Å². The summed E-state index contributed by atoms with van der Waals surface area (Å²) in [5.74, 6) is 0.545. The molecule has 0 amide bonds. The van der Waals surface area contributed by atoms with E-state index >= 15 is 0 Å². The van der Waals surface area contributed by atoms with Crippen LogP contribution in [0.15, 0.2) is 22.7 Å². The average Bonchev–Trinajstić information content (AvgIpc) is 2.30. The first-order valence-corrected chi connectivity index (χ1v) is 6.91. The minimum atomic E-state index is 0.353. The minimum Gasteiger partial charge on any atom is -0.383 e. The van der Waals surface area contributed by atoms with Gasteiger partial charge in [-0.1, -0.05) is 36.7 Å². The fourth-order valence-electron chi connectivity index (χ4n) is 1.78. The Bertz CT molecular complexity index is 352. The third-order valence-corrected chi connectivity index (χ3v) is 3.43. The Kier molecular flexibility index (Phi) is 6.00. The summed E-state index contributed by atoms with van der Waals surface area (Å²) >= 11 is 3.51. The third-order valence-electron chi connectivity index (χ3n) is 2.94. The van der Waals surface area contributed by atoms with Gasteiger partial charge in [-0.15, -0.1) is 0 Å². The summed E-state index contributed by atoms with van der Waals surface area (Å²) in [6.07, 6.45) is 1.03. The molecule has 1 atom stereocenters. The molecule has 0 aromatic heterocycles. The first-order valence-electron chi connectivity index (χ1n) is 6.12. The predicted molar refractivity (Wildman–Crippen MR) is 77.6 cm³/mol. The number of hydrogen-bond donors (Lipinski definition) is 1. The van der Waals surface area contributed by atoms with E-state index < -0.39 is 0 Å². The van der Waals surface area contributed by atoms with Gasteiger partial charge in [0.25, 0.3) is 0 Å². The van der Waals surface area contributed by atoms with E-state index in [2.05, 4.69) is 60.2 Å². The van der Waals surface area contributed by atoms with Crippen molar-refractivity contribution < 1.29 is 4.74 Å². The van der Waals surface area contributed by atoms with Crippen LogP contribution in [0.1, 0.15) is 26.3 Å². The van der Waals surface area contributed by atoms with Crippen LogP contribution >= 0.6 is 15.9 Å². The zero-order valence-electron chi connectivity index (χ0n) is 11.1. The number of benzene rings is 1. The van der Waals surface area contributed by atoms with Gasteiger partial charge in [-0.3, -0.25) is 0 Å². The summed E-state index contributed by atoms with van der Waals surface area (Å²) in [4.78, 5) is 0. The van der Waals surface area contributed by atoms with E-state index in [0.717, 1.165) is 17.5 Å². The van der Waals surface area contributed by atoms with Gasteiger partial charge < -0.3 is 10.1 Å². The van der Waals surface area contributed by atoms with Crippen LogP contribution in [-0.2, 0) is 11.2 Å². The average molecular weight is 300 g/mol. The molecule has 2 nitrogen and oxygen atoms in total. The summed E-state index contributed by atoms with van der Waals surface area (Å²) in [7, 11) is 1.75. The quantitative estimate of drug-likeness (QED) is 0.854. The number of aryl methyl sites for hydroxylation is 1. The number of hydrogen-bond acceptors (Lipinski definition) is 2. The maximum atomic E-state index is 5.26. The molecule has 1 rings (SSSR count). The topological polar surface area (TPSA) is 21.3 Å². The molecule has 0 spiro atoms. The van der Waals surface area contributed by atoms with E-state index in [1.54, 1.807) is 7.11 Å². The first-order chi connectivity index (χ1) is 8.08. The molecule has 0 fully saturated rings. The van der Waals surface area contributed by atoms with Gasteiger partial charge in [-0.2, -0.15) is 0 Å². The molecular weight excluding hydrogens is 278 g/mol. The Morgan fingerprint density at radius 2 is 2.06 bits per heavy atom. The summed E-state index contributed by atoms with van der Waals surface area (Å²) in [6.45, 7) is 7.33. The van der Waals surface area contributed by atoms with E-state index in [4.69, 9.17) is 4.74 Å². The van der Waals surface area contributed by atoms with Crippen molar-refractivity contribution in [3.8, 4) is 0 Å². The third kappa shape index (κ3) is 4.32. The minimum absolute atomic E-state index is 0.353. The Balaban J connectivity index is 2.84. The molecule has 1 unspecified atom stereocenters. The van der Waals surface area contributed by atoms with Crippen molar-refractivity contribution in [2.24, 2.45) is 5.92 Å². The van der Waals surface area contributed by atoms with Crippen LogP contribution in [0.25, 0.3) is 0 Å². The lowest BCUT2D eigenvalue weighted by atomic mass is 10.0. The van der Waals surface area contributed by atoms with Crippen molar-refractivity contribution in [3.05, 3.63) is 28.2 Å². The van der Waals surface area contributed by atoms with Crippen LogP contribution in [0.3, 0.4) is 0 Å². The Morgan fingerprint density at radius 3 is 2.59 bits per heavy atom. The SMILES string of the molecule is CCc1cc(Br)ccc1NC(COC)C(C)C. The molecule has 0 bridgehead atoms. The van der Waals surface area contributed by atoms with Gasteiger partial charge in [0.15, 0.2) is 0 Å². The monoisotopic (exact) mass is 299 g/mol. The molecule has 0 aliphatic carbocycles. The van der Waals surface area contributed by atoms with Crippen LogP contribution in [0.4, 0.5) is 5.69 Å². The van der Waals surface area contributed by atoms with Crippen molar-refractivity contribution in [2.75, 3.05) is 19.0 Å². The summed E-state index contributed by atoms with van der Waals surface area (Å²) < 4.78 is 6.40. The fraction of sp³-hybridized carbons (Fsp3) is 0.571. The highest BCUT2D eigenvalue weighted by Crippen LogP contribution is 2.23. The number of methoxy groups -OCH3 is 1.